The van der Waals surface area contributed by atoms with Gasteiger partial charge in [-0.25, -0.2) is 0 Å². The van der Waals surface area contributed by atoms with Crippen LogP contribution in [0.5, 0.6) is 0 Å². The van der Waals surface area contributed by atoms with Crippen molar-refractivity contribution in [2.45, 2.75) is 129 Å². The molecule has 0 spiro atoms. The van der Waals surface area contributed by atoms with Crippen molar-refractivity contribution < 1.29 is 0 Å². The lowest BCUT2D eigenvalue weighted by Gasteiger charge is -2.33. The molecule has 0 N–H and O–H groups in total. The predicted molar refractivity (Wildman–Crippen MR) is 168 cm³/mol. The van der Waals surface area contributed by atoms with Crippen LogP contribution in [0.25, 0.3) is 22.3 Å². The van der Waals surface area contributed by atoms with Gasteiger partial charge in [0.1, 0.15) is 0 Å². The summed E-state index contributed by atoms with van der Waals surface area (Å²) in [4.78, 5) is 0. The molecule has 0 heterocycles. The van der Waals surface area contributed by atoms with Gasteiger partial charge in [-0.05, 0) is 63.8 Å². The van der Waals surface area contributed by atoms with Crippen LogP contribution in [0.4, 0.5) is 0 Å². The molecular weight excluding hydrogens is 456 g/mol. The molecule has 4 rings (SSSR count). The second kappa shape index (κ2) is 14.2. The fraction of sp³-hybridized carbons (Fsp3) is 0.526. The largest absolute Gasteiger partial charge is 0.0654 e. The van der Waals surface area contributed by atoms with Crippen molar-refractivity contribution in [3.8, 4) is 22.3 Å². The van der Waals surface area contributed by atoms with E-state index in [1.807, 2.05) is 0 Å². The van der Waals surface area contributed by atoms with E-state index < -0.39 is 0 Å². The van der Waals surface area contributed by atoms with Crippen molar-refractivity contribution >= 4 is 0 Å². The molecule has 0 bridgehead atoms. The molecule has 204 valence electrons. The molecule has 0 unspecified atom stereocenters. The monoisotopic (exact) mass is 508 g/mol. The van der Waals surface area contributed by atoms with Gasteiger partial charge in [0.15, 0.2) is 0 Å². The number of hydrogen-bond donors (Lipinski definition) is 0. The third-order valence-electron chi connectivity index (χ3n) is 9.07. The molecule has 0 aliphatic heterocycles. The van der Waals surface area contributed by atoms with E-state index in [2.05, 4.69) is 94.4 Å². The normalized spacial score (nSPS) is 13.6. The second-order valence-electron chi connectivity index (χ2n) is 12.2. The van der Waals surface area contributed by atoms with Crippen molar-refractivity contribution in [2.75, 3.05) is 0 Å². The summed E-state index contributed by atoms with van der Waals surface area (Å²) >= 11 is 0. The first-order valence-corrected chi connectivity index (χ1v) is 16.0. The first-order chi connectivity index (χ1) is 18.6. The Bertz CT molecular complexity index is 1100. The summed E-state index contributed by atoms with van der Waals surface area (Å²) < 4.78 is 0. The van der Waals surface area contributed by atoms with Gasteiger partial charge in [-0.2, -0.15) is 0 Å². The van der Waals surface area contributed by atoms with Crippen LogP contribution in [0.3, 0.4) is 0 Å². The molecule has 0 aromatic heterocycles. The highest BCUT2D eigenvalue weighted by Crippen LogP contribution is 2.55. The summed E-state index contributed by atoms with van der Waals surface area (Å²) in [5, 5.41) is 0. The van der Waals surface area contributed by atoms with Crippen LogP contribution in [0.15, 0.2) is 66.7 Å². The summed E-state index contributed by atoms with van der Waals surface area (Å²) in [6.07, 6.45) is 18.9. The third kappa shape index (κ3) is 6.62. The van der Waals surface area contributed by atoms with Crippen LogP contribution in [0, 0.1) is 0 Å². The van der Waals surface area contributed by atoms with E-state index in [0.717, 1.165) is 0 Å². The van der Waals surface area contributed by atoms with E-state index in [1.165, 1.54) is 118 Å². The molecule has 0 nitrogen and oxygen atoms in total. The zero-order chi connectivity index (χ0) is 26.8. The van der Waals surface area contributed by atoms with Crippen LogP contribution in [0.1, 0.15) is 140 Å². The Hall–Kier alpha value is -2.34. The molecule has 3 aromatic rings. The van der Waals surface area contributed by atoms with Gasteiger partial charge in [-0.3, -0.25) is 0 Å². The van der Waals surface area contributed by atoms with Gasteiger partial charge in [0.05, 0.1) is 0 Å². The molecule has 1 aliphatic carbocycles. The average Bonchev–Trinajstić information content (AvgIpc) is 3.21. The maximum absolute atomic E-state index is 2.61. The smallest absolute Gasteiger partial charge is 0.0215 e. The Morgan fingerprint density at radius 1 is 0.526 bits per heavy atom. The van der Waals surface area contributed by atoms with Crippen molar-refractivity contribution in [2.24, 2.45) is 0 Å². The van der Waals surface area contributed by atoms with Gasteiger partial charge < -0.3 is 0 Å². The van der Waals surface area contributed by atoms with Gasteiger partial charge in [-0.1, -0.05) is 165 Å². The highest BCUT2D eigenvalue weighted by atomic mass is 14.5. The molecule has 0 heteroatoms. The minimum absolute atomic E-state index is 0.149. The first kappa shape index (κ1) is 28.7. The Labute approximate surface area is 234 Å². The maximum atomic E-state index is 2.61. The molecule has 0 saturated carbocycles. The van der Waals surface area contributed by atoms with Crippen molar-refractivity contribution in [3.63, 3.8) is 0 Å². The zero-order valence-corrected chi connectivity index (χ0v) is 24.8. The van der Waals surface area contributed by atoms with Crippen molar-refractivity contribution in [1.82, 2.24) is 0 Å². The minimum atomic E-state index is 0.149. The number of benzene rings is 3. The Morgan fingerprint density at radius 2 is 1.05 bits per heavy atom. The fourth-order valence-electron chi connectivity index (χ4n) is 6.76. The van der Waals surface area contributed by atoms with Crippen LogP contribution in [-0.4, -0.2) is 0 Å². The van der Waals surface area contributed by atoms with E-state index in [1.54, 1.807) is 11.1 Å². The number of rotatable bonds is 16. The molecule has 0 atom stereocenters. The van der Waals surface area contributed by atoms with E-state index in [0.29, 0.717) is 5.92 Å². The van der Waals surface area contributed by atoms with E-state index in [-0.39, 0.29) is 5.41 Å². The molecule has 0 amide bonds. The summed E-state index contributed by atoms with van der Waals surface area (Å²) in [5.41, 5.74) is 10.6. The highest BCUT2D eigenvalue weighted by molar-refractivity contribution is 5.84. The van der Waals surface area contributed by atoms with Gasteiger partial charge >= 0.3 is 0 Å². The van der Waals surface area contributed by atoms with E-state index in [4.69, 9.17) is 0 Å². The zero-order valence-electron chi connectivity index (χ0n) is 24.8. The lowest BCUT2D eigenvalue weighted by molar-refractivity contribution is 0.397. The second-order valence-corrected chi connectivity index (χ2v) is 12.2. The van der Waals surface area contributed by atoms with Crippen molar-refractivity contribution in [1.29, 1.82) is 0 Å². The molecule has 0 saturated heterocycles. The lowest BCUT2D eigenvalue weighted by Crippen LogP contribution is -2.26. The van der Waals surface area contributed by atoms with Gasteiger partial charge in [0.2, 0.25) is 0 Å². The Kier molecular flexibility index (Phi) is 10.7. The molecule has 0 radical (unpaired) electrons. The predicted octanol–water partition coefficient (Wildman–Crippen LogP) is 12.2. The fourth-order valence-corrected chi connectivity index (χ4v) is 6.76. The van der Waals surface area contributed by atoms with Gasteiger partial charge in [0.25, 0.3) is 0 Å². The number of hydrogen-bond acceptors (Lipinski definition) is 0. The summed E-state index contributed by atoms with van der Waals surface area (Å²) in [6, 6.07) is 25.8. The van der Waals surface area contributed by atoms with E-state index >= 15 is 0 Å². The summed E-state index contributed by atoms with van der Waals surface area (Å²) in [7, 11) is 0. The molecular formula is C38H52. The lowest BCUT2D eigenvalue weighted by atomic mass is 9.70. The summed E-state index contributed by atoms with van der Waals surface area (Å²) in [5.74, 6) is 0.560. The van der Waals surface area contributed by atoms with Crippen LogP contribution in [-0.2, 0) is 5.41 Å². The van der Waals surface area contributed by atoms with Crippen LogP contribution in [0.2, 0.25) is 0 Å². The van der Waals surface area contributed by atoms with E-state index in [9.17, 15) is 0 Å². The SMILES string of the molecule is CCCCCCCCC1(CCCCCCCC)c2cc(-c3ccccc3)ccc2-c2ccc(C(C)C)cc21. The molecule has 0 fully saturated rings. The standard InChI is InChI=1S/C38H52/c1-5-7-9-11-13-18-26-38(27-19-14-12-10-8-6-2)36-28-32(30(3)4)22-24-34(36)35-25-23-33(29-37(35)38)31-20-16-15-17-21-31/h15-17,20-25,28-30H,5-14,18-19,26-27H2,1-4H3. The quantitative estimate of drug-likeness (QED) is 0.169. The van der Waals surface area contributed by atoms with Crippen LogP contribution >= 0.6 is 0 Å². The maximum Gasteiger partial charge on any atom is 0.0215 e. The summed E-state index contributed by atoms with van der Waals surface area (Å²) in [6.45, 7) is 9.33. The highest BCUT2D eigenvalue weighted by Gasteiger charge is 2.42. The van der Waals surface area contributed by atoms with Crippen LogP contribution < -0.4 is 0 Å². The Balaban J connectivity index is 1.72. The molecule has 1 aliphatic rings. The minimum Gasteiger partial charge on any atom is -0.0654 e. The Morgan fingerprint density at radius 3 is 1.63 bits per heavy atom. The first-order valence-electron chi connectivity index (χ1n) is 16.0. The number of fused-ring (bicyclic) bond motifs is 3. The average molecular weight is 509 g/mol. The number of unbranched alkanes of at least 4 members (excludes halogenated alkanes) is 10. The topological polar surface area (TPSA) is 0 Å². The van der Waals surface area contributed by atoms with Crippen molar-refractivity contribution in [3.05, 3.63) is 83.4 Å². The van der Waals surface area contributed by atoms with Gasteiger partial charge in [0, 0.05) is 5.41 Å². The van der Waals surface area contributed by atoms with Gasteiger partial charge in [-0.15, -0.1) is 0 Å². The molecule has 3 aromatic carbocycles. The third-order valence-corrected chi connectivity index (χ3v) is 9.07. The molecule has 38 heavy (non-hydrogen) atoms.